The number of carbonyl (C=O) groups excluding carboxylic acids is 2. The number of furan rings is 1. The SMILES string of the molecule is COc1cc(OC)cc(C(=O)Nc2ccc3oc(C(=O)c4ccc(OC)c(OC)c4)c(C)c3c2)c1. The molecule has 0 saturated heterocycles. The van der Waals surface area contributed by atoms with Crippen LogP contribution in [0.1, 0.15) is 32.0 Å². The lowest BCUT2D eigenvalue weighted by atomic mass is 10.0. The molecular weight excluding hydrogens is 450 g/mol. The van der Waals surface area contributed by atoms with Gasteiger partial charge in [-0.2, -0.15) is 0 Å². The molecule has 1 amide bonds. The highest BCUT2D eigenvalue weighted by Gasteiger charge is 2.21. The minimum absolute atomic E-state index is 0.216. The van der Waals surface area contributed by atoms with Crippen LogP contribution in [0.4, 0.5) is 5.69 Å². The molecule has 0 aliphatic rings. The first-order valence-corrected chi connectivity index (χ1v) is 10.7. The van der Waals surface area contributed by atoms with E-state index in [9.17, 15) is 9.59 Å². The summed E-state index contributed by atoms with van der Waals surface area (Å²) in [5, 5.41) is 3.59. The molecule has 8 heteroatoms. The first-order valence-electron chi connectivity index (χ1n) is 10.7. The maximum Gasteiger partial charge on any atom is 0.255 e. The van der Waals surface area contributed by atoms with Gasteiger partial charge in [-0.05, 0) is 55.5 Å². The van der Waals surface area contributed by atoms with Crippen LogP contribution < -0.4 is 24.3 Å². The van der Waals surface area contributed by atoms with Crippen molar-refractivity contribution in [3.8, 4) is 23.0 Å². The van der Waals surface area contributed by atoms with Gasteiger partial charge < -0.3 is 28.7 Å². The van der Waals surface area contributed by atoms with Gasteiger partial charge in [-0.3, -0.25) is 9.59 Å². The highest BCUT2D eigenvalue weighted by atomic mass is 16.5. The topological polar surface area (TPSA) is 96.2 Å². The van der Waals surface area contributed by atoms with Crippen LogP contribution >= 0.6 is 0 Å². The zero-order chi connectivity index (χ0) is 25.1. The molecule has 8 nitrogen and oxygen atoms in total. The summed E-state index contributed by atoms with van der Waals surface area (Å²) in [4.78, 5) is 26.1. The van der Waals surface area contributed by atoms with Crippen LogP contribution in [0.3, 0.4) is 0 Å². The van der Waals surface area contributed by atoms with E-state index < -0.39 is 0 Å². The number of hydrogen-bond donors (Lipinski definition) is 1. The van der Waals surface area contributed by atoms with Crippen molar-refractivity contribution in [3.05, 3.63) is 77.0 Å². The van der Waals surface area contributed by atoms with Crippen molar-refractivity contribution in [1.82, 2.24) is 0 Å². The van der Waals surface area contributed by atoms with E-state index in [2.05, 4.69) is 5.32 Å². The fourth-order valence-corrected chi connectivity index (χ4v) is 3.77. The number of carbonyl (C=O) groups is 2. The zero-order valence-corrected chi connectivity index (χ0v) is 20.1. The van der Waals surface area contributed by atoms with Crippen molar-refractivity contribution >= 4 is 28.3 Å². The number of aryl methyl sites for hydroxylation is 1. The molecule has 0 aliphatic heterocycles. The van der Waals surface area contributed by atoms with Gasteiger partial charge in [0.15, 0.2) is 17.3 Å². The summed E-state index contributed by atoms with van der Waals surface area (Å²) >= 11 is 0. The largest absolute Gasteiger partial charge is 0.497 e. The number of anilines is 1. The number of methoxy groups -OCH3 is 4. The second-order valence-corrected chi connectivity index (χ2v) is 7.72. The normalized spacial score (nSPS) is 10.7. The molecule has 1 aromatic heterocycles. The van der Waals surface area contributed by atoms with E-state index in [1.54, 1.807) is 61.5 Å². The number of benzene rings is 3. The highest BCUT2D eigenvalue weighted by Crippen LogP contribution is 2.33. The van der Waals surface area contributed by atoms with Crippen LogP contribution in [-0.2, 0) is 0 Å². The van der Waals surface area contributed by atoms with Crippen molar-refractivity contribution in [3.63, 3.8) is 0 Å². The highest BCUT2D eigenvalue weighted by molar-refractivity contribution is 6.11. The number of ether oxygens (including phenoxy) is 4. The lowest BCUT2D eigenvalue weighted by Gasteiger charge is -2.09. The minimum Gasteiger partial charge on any atom is -0.497 e. The molecule has 0 fully saturated rings. The van der Waals surface area contributed by atoms with Gasteiger partial charge >= 0.3 is 0 Å². The lowest BCUT2D eigenvalue weighted by molar-refractivity contribution is 0.101. The van der Waals surface area contributed by atoms with Crippen molar-refractivity contribution in [2.45, 2.75) is 6.92 Å². The number of nitrogens with one attached hydrogen (secondary N) is 1. The van der Waals surface area contributed by atoms with E-state index in [1.165, 1.54) is 28.4 Å². The lowest BCUT2D eigenvalue weighted by Crippen LogP contribution is -2.12. The fourth-order valence-electron chi connectivity index (χ4n) is 3.77. The van der Waals surface area contributed by atoms with Gasteiger partial charge in [-0.25, -0.2) is 0 Å². The summed E-state index contributed by atoms with van der Waals surface area (Å²) in [7, 11) is 6.08. The molecule has 0 bridgehead atoms. The first-order chi connectivity index (χ1) is 16.9. The Morgan fingerprint density at radius 2 is 1.43 bits per heavy atom. The van der Waals surface area contributed by atoms with E-state index in [4.69, 9.17) is 23.4 Å². The summed E-state index contributed by atoms with van der Waals surface area (Å²) in [6.45, 7) is 1.80. The van der Waals surface area contributed by atoms with Crippen LogP contribution in [0.25, 0.3) is 11.0 Å². The van der Waals surface area contributed by atoms with Crippen molar-refractivity contribution in [2.24, 2.45) is 0 Å². The molecule has 180 valence electrons. The van der Waals surface area contributed by atoms with Gasteiger partial charge in [0.05, 0.1) is 28.4 Å². The summed E-state index contributed by atoms with van der Waals surface area (Å²) in [5.41, 5.74) is 2.55. The summed E-state index contributed by atoms with van der Waals surface area (Å²) in [6, 6.07) is 15.1. The number of hydrogen-bond acceptors (Lipinski definition) is 7. The Bertz CT molecular complexity index is 1400. The second-order valence-electron chi connectivity index (χ2n) is 7.72. The van der Waals surface area contributed by atoms with Gasteiger partial charge in [-0.1, -0.05) is 0 Å². The summed E-state index contributed by atoms with van der Waals surface area (Å²) < 4.78 is 26.9. The zero-order valence-electron chi connectivity index (χ0n) is 20.1. The average molecular weight is 475 g/mol. The molecule has 0 unspecified atom stereocenters. The molecule has 4 aromatic rings. The third kappa shape index (κ3) is 4.63. The van der Waals surface area contributed by atoms with E-state index >= 15 is 0 Å². The minimum atomic E-state index is -0.329. The van der Waals surface area contributed by atoms with Crippen LogP contribution in [0.15, 0.2) is 59.0 Å². The summed E-state index contributed by atoms with van der Waals surface area (Å²) in [5.74, 6) is 1.60. The summed E-state index contributed by atoms with van der Waals surface area (Å²) in [6.07, 6.45) is 0. The van der Waals surface area contributed by atoms with E-state index in [0.29, 0.717) is 51.0 Å². The molecule has 0 saturated carbocycles. The predicted octanol–water partition coefficient (Wildman–Crippen LogP) is 5.26. The maximum absolute atomic E-state index is 13.2. The molecule has 3 aromatic carbocycles. The van der Waals surface area contributed by atoms with Crippen LogP contribution in [0.2, 0.25) is 0 Å². The Morgan fingerprint density at radius 3 is 2.06 bits per heavy atom. The molecule has 0 radical (unpaired) electrons. The van der Waals surface area contributed by atoms with E-state index in [-0.39, 0.29) is 17.5 Å². The first kappa shape index (κ1) is 23.7. The third-order valence-corrected chi connectivity index (χ3v) is 5.66. The fraction of sp³-hybridized carbons (Fsp3) is 0.185. The molecule has 0 aliphatic carbocycles. The number of ketones is 1. The smallest absolute Gasteiger partial charge is 0.255 e. The van der Waals surface area contributed by atoms with E-state index in [1.807, 2.05) is 0 Å². The Balaban J connectivity index is 1.63. The van der Waals surface area contributed by atoms with Gasteiger partial charge in [-0.15, -0.1) is 0 Å². The Labute approximate surface area is 202 Å². The Morgan fingerprint density at radius 1 is 0.743 bits per heavy atom. The van der Waals surface area contributed by atoms with Gasteiger partial charge in [0, 0.05) is 33.8 Å². The molecule has 0 atom stereocenters. The Kier molecular flexibility index (Phi) is 6.64. The van der Waals surface area contributed by atoms with Gasteiger partial charge in [0.25, 0.3) is 5.91 Å². The average Bonchev–Trinajstić information content (AvgIpc) is 3.22. The van der Waals surface area contributed by atoms with Crippen LogP contribution in [0.5, 0.6) is 23.0 Å². The Hall–Kier alpha value is -4.46. The van der Waals surface area contributed by atoms with Crippen molar-refractivity contribution in [1.29, 1.82) is 0 Å². The molecule has 0 spiro atoms. The standard InChI is InChI=1S/C27H25NO7/c1-15-21-13-18(28-27(30)17-10-19(31-2)14-20(11-17)32-3)7-9-22(21)35-26(15)25(29)16-6-8-23(33-4)24(12-16)34-5/h6-14H,1-5H3,(H,28,30). The predicted molar refractivity (Wildman–Crippen MR) is 131 cm³/mol. The quantitative estimate of drug-likeness (QED) is 0.347. The molecule has 1 heterocycles. The second kappa shape index (κ2) is 9.80. The van der Waals surface area contributed by atoms with Crippen LogP contribution in [0, 0.1) is 6.92 Å². The van der Waals surface area contributed by atoms with Crippen LogP contribution in [-0.4, -0.2) is 40.1 Å². The third-order valence-electron chi connectivity index (χ3n) is 5.66. The van der Waals surface area contributed by atoms with Gasteiger partial charge in [0.1, 0.15) is 17.1 Å². The number of amides is 1. The van der Waals surface area contributed by atoms with Crippen molar-refractivity contribution < 1.29 is 33.0 Å². The van der Waals surface area contributed by atoms with Gasteiger partial charge in [0.2, 0.25) is 5.78 Å². The number of fused-ring (bicyclic) bond motifs is 1. The molecule has 1 N–H and O–H groups in total. The molecule has 35 heavy (non-hydrogen) atoms. The molecular formula is C27H25NO7. The monoisotopic (exact) mass is 475 g/mol. The maximum atomic E-state index is 13.2. The molecule has 4 rings (SSSR count). The van der Waals surface area contributed by atoms with E-state index in [0.717, 1.165) is 5.39 Å². The number of rotatable bonds is 8. The van der Waals surface area contributed by atoms with Crippen molar-refractivity contribution in [2.75, 3.05) is 33.8 Å².